The lowest BCUT2D eigenvalue weighted by Crippen LogP contribution is -2.13. The number of halogens is 2. The van der Waals surface area contributed by atoms with Crippen LogP contribution in [0.2, 0.25) is 0 Å². The maximum Gasteiger partial charge on any atom is 0.159 e. The molecule has 104 valence electrons. The maximum atomic E-state index is 13.4. The first-order valence-electron chi connectivity index (χ1n) is 7.23. The largest absolute Gasteiger partial charge is 0.204 e. The molecule has 20 heavy (non-hydrogen) atoms. The molecule has 0 heterocycles. The Hall–Kier alpha value is -1.70. The summed E-state index contributed by atoms with van der Waals surface area (Å²) in [7, 11) is 0. The van der Waals surface area contributed by atoms with Crippen LogP contribution in [0, 0.1) is 11.6 Å². The van der Waals surface area contributed by atoms with Crippen LogP contribution in [-0.4, -0.2) is 0 Å². The van der Waals surface area contributed by atoms with Gasteiger partial charge in [-0.3, -0.25) is 0 Å². The molecule has 1 atom stereocenters. The molecule has 2 heteroatoms. The van der Waals surface area contributed by atoms with Gasteiger partial charge in [-0.15, -0.1) is 0 Å². The highest BCUT2D eigenvalue weighted by atomic mass is 19.2. The quantitative estimate of drug-likeness (QED) is 0.736. The van der Waals surface area contributed by atoms with Gasteiger partial charge in [0.2, 0.25) is 0 Å². The lowest BCUT2D eigenvalue weighted by molar-refractivity contribution is 0.496. The average molecular weight is 272 g/mol. The van der Waals surface area contributed by atoms with Crippen molar-refractivity contribution in [2.45, 2.75) is 38.5 Å². The van der Waals surface area contributed by atoms with Crippen molar-refractivity contribution >= 4 is 0 Å². The summed E-state index contributed by atoms with van der Waals surface area (Å²) in [5, 5.41) is 0. The summed E-state index contributed by atoms with van der Waals surface area (Å²) in [4.78, 5) is 0. The summed E-state index contributed by atoms with van der Waals surface area (Å²) in [6.07, 6.45) is 3.67. The highest BCUT2D eigenvalue weighted by Gasteiger charge is 2.21. The molecule has 0 saturated carbocycles. The third-order valence-corrected chi connectivity index (χ3v) is 4.33. The molecule has 1 aliphatic carbocycles. The van der Waals surface area contributed by atoms with Crippen molar-refractivity contribution in [2.75, 3.05) is 0 Å². The molecule has 2 aromatic rings. The molecule has 0 amide bonds. The van der Waals surface area contributed by atoms with Crippen molar-refractivity contribution in [1.82, 2.24) is 0 Å². The highest BCUT2D eigenvalue weighted by molar-refractivity contribution is 5.35. The van der Waals surface area contributed by atoms with Crippen LogP contribution in [0.15, 0.2) is 36.4 Å². The van der Waals surface area contributed by atoms with Crippen LogP contribution in [0.4, 0.5) is 8.78 Å². The van der Waals surface area contributed by atoms with Gasteiger partial charge < -0.3 is 0 Å². The molecule has 1 aliphatic rings. The Balaban J connectivity index is 1.85. The first-order chi connectivity index (χ1) is 9.67. The fourth-order valence-corrected chi connectivity index (χ4v) is 3.06. The molecular weight excluding hydrogens is 254 g/mol. The third-order valence-electron chi connectivity index (χ3n) is 4.33. The van der Waals surface area contributed by atoms with Gasteiger partial charge in [0, 0.05) is 0 Å². The normalized spacial score (nSPS) is 17.9. The Bertz CT molecular complexity index is 614. The van der Waals surface area contributed by atoms with E-state index in [1.807, 2.05) is 0 Å². The number of hydrogen-bond acceptors (Lipinski definition) is 0. The Morgan fingerprint density at radius 3 is 2.30 bits per heavy atom. The van der Waals surface area contributed by atoms with Crippen molar-refractivity contribution < 1.29 is 8.78 Å². The predicted molar refractivity (Wildman–Crippen MR) is 76.9 cm³/mol. The molecular formula is C18H18F2. The van der Waals surface area contributed by atoms with Gasteiger partial charge in [-0.25, -0.2) is 8.78 Å². The molecule has 0 bridgehead atoms. The Morgan fingerprint density at radius 1 is 1.00 bits per heavy atom. The van der Waals surface area contributed by atoms with E-state index in [4.69, 9.17) is 0 Å². The summed E-state index contributed by atoms with van der Waals surface area (Å²) in [6, 6.07) is 11.4. The second kappa shape index (κ2) is 5.35. The van der Waals surface area contributed by atoms with E-state index in [1.54, 1.807) is 0 Å². The maximum absolute atomic E-state index is 13.4. The summed E-state index contributed by atoms with van der Waals surface area (Å²) in [5.41, 5.74) is 4.56. The van der Waals surface area contributed by atoms with Crippen molar-refractivity contribution in [3.63, 3.8) is 0 Å². The van der Waals surface area contributed by atoms with E-state index in [0.29, 0.717) is 5.92 Å². The molecule has 0 spiro atoms. The topological polar surface area (TPSA) is 0 Å². The smallest absolute Gasteiger partial charge is 0.159 e. The van der Waals surface area contributed by atoms with Gasteiger partial charge in [-0.1, -0.05) is 31.2 Å². The lowest BCUT2D eigenvalue weighted by Gasteiger charge is -2.25. The van der Waals surface area contributed by atoms with Gasteiger partial charge in [0.05, 0.1) is 0 Å². The Labute approximate surface area is 118 Å². The number of hydrogen-bond donors (Lipinski definition) is 0. The van der Waals surface area contributed by atoms with E-state index in [2.05, 4.69) is 31.2 Å². The molecule has 0 aromatic heterocycles. The van der Waals surface area contributed by atoms with Crippen LogP contribution in [0.3, 0.4) is 0 Å². The SMILES string of the molecule is CCc1ccc(C2CCc3cc(F)c(F)cc3C2)cc1. The van der Waals surface area contributed by atoms with E-state index in [1.165, 1.54) is 23.3 Å². The zero-order chi connectivity index (χ0) is 14.1. The lowest BCUT2D eigenvalue weighted by atomic mass is 9.80. The minimum absolute atomic E-state index is 0.415. The molecule has 0 aliphatic heterocycles. The van der Waals surface area contributed by atoms with E-state index in [0.717, 1.165) is 36.8 Å². The van der Waals surface area contributed by atoms with Crippen LogP contribution in [0.25, 0.3) is 0 Å². The van der Waals surface area contributed by atoms with Crippen molar-refractivity contribution in [2.24, 2.45) is 0 Å². The minimum Gasteiger partial charge on any atom is -0.204 e. The molecule has 0 radical (unpaired) electrons. The van der Waals surface area contributed by atoms with Gasteiger partial charge in [0.25, 0.3) is 0 Å². The van der Waals surface area contributed by atoms with Gasteiger partial charge in [-0.2, -0.15) is 0 Å². The predicted octanol–water partition coefficient (Wildman–Crippen LogP) is 4.80. The average Bonchev–Trinajstić information content (AvgIpc) is 2.48. The van der Waals surface area contributed by atoms with Crippen molar-refractivity contribution in [3.8, 4) is 0 Å². The zero-order valence-electron chi connectivity index (χ0n) is 11.6. The zero-order valence-corrected chi connectivity index (χ0v) is 11.6. The summed E-state index contributed by atoms with van der Waals surface area (Å²) < 4.78 is 26.6. The van der Waals surface area contributed by atoms with Gasteiger partial charge in [-0.05, 0) is 66.0 Å². The summed E-state index contributed by atoms with van der Waals surface area (Å²) in [5.74, 6) is -1.04. The first-order valence-corrected chi connectivity index (χ1v) is 7.23. The molecule has 2 aromatic carbocycles. The van der Waals surface area contributed by atoms with Crippen LogP contribution < -0.4 is 0 Å². The Morgan fingerprint density at radius 2 is 1.65 bits per heavy atom. The van der Waals surface area contributed by atoms with E-state index >= 15 is 0 Å². The molecule has 1 unspecified atom stereocenters. The van der Waals surface area contributed by atoms with Gasteiger partial charge in [0.1, 0.15) is 0 Å². The second-order valence-corrected chi connectivity index (χ2v) is 5.57. The summed E-state index contributed by atoms with van der Waals surface area (Å²) >= 11 is 0. The van der Waals surface area contributed by atoms with Crippen LogP contribution in [0.1, 0.15) is 41.5 Å². The molecule has 0 fully saturated rings. The number of rotatable bonds is 2. The molecule has 0 N–H and O–H groups in total. The molecule has 0 saturated heterocycles. The van der Waals surface area contributed by atoms with Gasteiger partial charge in [0.15, 0.2) is 11.6 Å². The van der Waals surface area contributed by atoms with E-state index in [-0.39, 0.29) is 0 Å². The van der Waals surface area contributed by atoms with Crippen molar-refractivity contribution in [1.29, 1.82) is 0 Å². The fourth-order valence-electron chi connectivity index (χ4n) is 3.06. The monoisotopic (exact) mass is 272 g/mol. The fraction of sp³-hybridized carbons (Fsp3) is 0.333. The van der Waals surface area contributed by atoms with Crippen LogP contribution in [-0.2, 0) is 19.3 Å². The second-order valence-electron chi connectivity index (χ2n) is 5.57. The Kier molecular flexibility index (Phi) is 3.56. The number of fused-ring (bicyclic) bond motifs is 1. The summed E-state index contributed by atoms with van der Waals surface area (Å²) in [6.45, 7) is 2.14. The van der Waals surface area contributed by atoms with Crippen LogP contribution in [0.5, 0.6) is 0 Å². The first kappa shape index (κ1) is 13.3. The van der Waals surface area contributed by atoms with Gasteiger partial charge >= 0.3 is 0 Å². The van der Waals surface area contributed by atoms with E-state index in [9.17, 15) is 8.78 Å². The third kappa shape index (κ3) is 2.47. The number of aryl methyl sites for hydroxylation is 2. The van der Waals surface area contributed by atoms with Crippen molar-refractivity contribution in [3.05, 3.63) is 70.3 Å². The highest BCUT2D eigenvalue weighted by Crippen LogP contribution is 2.33. The van der Waals surface area contributed by atoms with E-state index < -0.39 is 11.6 Å². The standard InChI is InChI=1S/C18H18F2/c1-2-12-3-5-13(6-4-12)14-7-8-15-10-17(19)18(20)11-16(15)9-14/h3-6,10-11,14H,2,7-9H2,1H3. The molecule has 0 nitrogen and oxygen atoms in total. The molecule has 3 rings (SSSR count). The number of benzene rings is 2. The minimum atomic E-state index is -0.731. The van der Waals surface area contributed by atoms with Crippen LogP contribution >= 0.6 is 0 Å².